The number of halogens is 1. The molecular weight excluding hydrogens is 238 g/mol. The molecule has 0 fully saturated rings. The van der Waals surface area contributed by atoms with Crippen molar-refractivity contribution in [3.8, 4) is 11.3 Å². The molecule has 1 heterocycles. The predicted octanol–water partition coefficient (Wildman–Crippen LogP) is 2.58. The van der Waals surface area contributed by atoms with Crippen LogP contribution in [0.3, 0.4) is 0 Å². The number of Topliss-reactive ketones (excluding diaryl/α,β-unsaturated/α-hetero) is 1. The van der Waals surface area contributed by atoms with Gasteiger partial charge in [-0.2, -0.15) is 0 Å². The second-order valence-corrected chi connectivity index (χ2v) is 3.96. The van der Waals surface area contributed by atoms with Gasteiger partial charge in [0.25, 0.3) is 0 Å². The van der Waals surface area contributed by atoms with Crippen LogP contribution in [0, 0.1) is 0 Å². The van der Waals surface area contributed by atoms with Crippen LogP contribution in [-0.4, -0.2) is 15.8 Å². The Morgan fingerprint density at radius 1 is 1.29 bits per heavy atom. The van der Waals surface area contributed by atoms with Crippen LogP contribution >= 0.6 is 11.6 Å². The molecule has 0 saturated carbocycles. The summed E-state index contributed by atoms with van der Waals surface area (Å²) in [5.74, 6) is 0.112. The van der Waals surface area contributed by atoms with Gasteiger partial charge in [0.15, 0.2) is 5.78 Å². The fraction of sp³-hybridized carbons (Fsp3) is 0.0833. The third-order valence-electron chi connectivity index (χ3n) is 2.28. The number of nitrogen functional groups attached to an aromatic ring is 1. The summed E-state index contributed by atoms with van der Waals surface area (Å²) in [7, 11) is 0. The van der Waals surface area contributed by atoms with Gasteiger partial charge >= 0.3 is 0 Å². The van der Waals surface area contributed by atoms with Gasteiger partial charge in [0.2, 0.25) is 5.95 Å². The van der Waals surface area contributed by atoms with Gasteiger partial charge in [-0.25, -0.2) is 9.97 Å². The van der Waals surface area contributed by atoms with Gasteiger partial charge in [-0.1, -0.05) is 29.8 Å². The Hall–Kier alpha value is -1.94. The molecule has 1 aromatic heterocycles. The maximum absolute atomic E-state index is 11.3. The van der Waals surface area contributed by atoms with Gasteiger partial charge in [-0.05, 0) is 13.0 Å². The predicted molar refractivity (Wildman–Crippen MR) is 66.9 cm³/mol. The van der Waals surface area contributed by atoms with Crippen molar-refractivity contribution in [3.05, 3.63) is 41.0 Å². The quantitative estimate of drug-likeness (QED) is 0.654. The van der Waals surface area contributed by atoms with Crippen molar-refractivity contribution >= 4 is 23.3 Å². The Labute approximate surface area is 103 Å². The number of aromatic nitrogens is 2. The summed E-state index contributed by atoms with van der Waals surface area (Å²) in [5, 5.41) is 0.278. The monoisotopic (exact) mass is 247 g/mol. The maximum atomic E-state index is 11.3. The van der Waals surface area contributed by atoms with Crippen molar-refractivity contribution in [1.29, 1.82) is 0 Å². The summed E-state index contributed by atoms with van der Waals surface area (Å²) < 4.78 is 0. The Morgan fingerprint density at radius 2 is 2.06 bits per heavy atom. The summed E-state index contributed by atoms with van der Waals surface area (Å²) in [6.45, 7) is 1.51. The number of rotatable bonds is 2. The number of nitrogens with two attached hydrogens (primary N) is 1. The fourth-order valence-corrected chi connectivity index (χ4v) is 1.67. The van der Waals surface area contributed by atoms with Crippen LogP contribution in [0.2, 0.25) is 5.15 Å². The van der Waals surface area contributed by atoms with E-state index in [1.807, 2.05) is 6.07 Å². The highest BCUT2D eigenvalue weighted by atomic mass is 35.5. The fourth-order valence-electron chi connectivity index (χ4n) is 1.48. The number of hydrogen-bond donors (Lipinski definition) is 1. The molecule has 17 heavy (non-hydrogen) atoms. The minimum atomic E-state index is -0.0000231. The van der Waals surface area contributed by atoms with Gasteiger partial charge in [-0.15, -0.1) is 0 Å². The first-order chi connectivity index (χ1) is 8.06. The number of carbonyl (C=O) groups is 1. The average Bonchev–Trinajstić information content (AvgIpc) is 2.28. The molecule has 0 aliphatic carbocycles. The lowest BCUT2D eigenvalue weighted by molar-refractivity contribution is 0.101. The minimum absolute atomic E-state index is 0.0000231. The highest BCUT2D eigenvalue weighted by Crippen LogP contribution is 2.21. The molecule has 0 atom stereocenters. The summed E-state index contributed by atoms with van der Waals surface area (Å²) in [4.78, 5) is 19.1. The third-order valence-corrected chi connectivity index (χ3v) is 2.47. The van der Waals surface area contributed by atoms with Crippen LogP contribution < -0.4 is 5.73 Å². The molecule has 2 aromatic rings. The Kier molecular flexibility index (Phi) is 3.06. The van der Waals surface area contributed by atoms with Crippen molar-refractivity contribution in [2.45, 2.75) is 6.92 Å². The van der Waals surface area contributed by atoms with E-state index < -0.39 is 0 Å². The highest BCUT2D eigenvalue weighted by molar-refractivity contribution is 6.29. The van der Waals surface area contributed by atoms with E-state index in [1.165, 1.54) is 6.92 Å². The Morgan fingerprint density at radius 3 is 2.71 bits per heavy atom. The summed E-state index contributed by atoms with van der Waals surface area (Å²) in [5.41, 5.74) is 7.53. The molecule has 0 aliphatic heterocycles. The van der Waals surface area contributed by atoms with E-state index in [0.717, 1.165) is 5.56 Å². The summed E-state index contributed by atoms with van der Waals surface area (Å²) >= 11 is 5.80. The van der Waals surface area contributed by atoms with E-state index in [0.29, 0.717) is 11.3 Å². The molecular formula is C12H10ClN3O. The first-order valence-corrected chi connectivity index (χ1v) is 5.35. The number of benzene rings is 1. The lowest BCUT2D eigenvalue weighted by Gasteiger charge is -2.04. The van der Waals surface area contributed by atoms with Gasteiger partial charge in [0.1, 0.15) is 5.15 Å². The lowest BCUT2D eigenvalue weighted by atomic mass is 10.1. The van der Waals surface area contributed by atoms with Crippen LogP contribution in [0.1, 0.15) is 17.3 Å². The standard InChI is InChI=1S/C12H10ClN3O/c1-7(17)8-3-2-4-9(5-8)10-6-11(13)16-12(14)15-10/h2-6H,1H3,(H2,14,15,16). The van der Waals surface area contributed by atoms with E-state index in [1.54, 1.807) is 24.3 Å². The van der Waals surface area contributed by atoms with Crippen LogP contribution in [0.25, 0.3) is 11.3 Å². The molecule has 0 unspecified atom stereocenters. The second-order valence-electron chi connectivity index (χ2n) is 3.57. The van der Waals surface area contributed by atoms with E-state index >= 15 is 0 Å². The SMILES string of the molecule is CC(=O)c1cccc(-c2cc(Cl)nc(N)n2)c1. The van der Waals surface area contributed by atoms with Gasteiger partial charge in [0.05, 0.1) is 5.69 Å². The lowest BCUT2D eigenvalue weighted by Crippen LogP contribution is -1.97. The molecule has 0 radical (unpaired) electrons. The molecule has 0 spiro atoms. The van der Waals surface area contributed by atoms with Gasteiger partial charge in [-0.3, -0.25) is 4.79 Å². The molecule has 2 rings (SSSR count). The first-order valence-electron chi connectivity index (χ1n) is 4.97. The molecule has 1 aromatic carbocycles. The number of ketones is 1. The normalized spacial score (nSPS) is 10.2. The van der Waals surface area contributed by atoms with Crippen molar-refractivity contribution < 1.29 is 4.79 Å². The van der Waals surface area contributed by atoms with Crippen LogP contribution in [0.4, 0.5) is 5.95 Å². The maximum Gasteiger partial charge on any atom is 0.221 e. The van der Waals surface area contributed by atoms with Gasteiger partial charge in [0, 0.05) is 17.2 Å². The largest absolute Gasteiger partial charge is 0.368 e. The Bertz CT molecular complexity index is 563. The van der Waals surface area contributed by atoms with Crippen molar-refractivity contribution in [1.82, 2.24) is 9.97 Å². The minimum Gasteiger partial charge on any atom is -0.368 e. The molecule has 0 amide bonds. The van der Waals surface area contributed by atoms with Crippen LogP contribution in [-0.2, 0) is 0 Å². The molecule has 2 N–H and O–H groups in total. The smallest absolute Gasteiger partial charge is 0.221 e. The molecule has 5 heteroatoms. The zero-order chi connectivity index (χ0) is 12.4. The van der Waals surface area contributed by atoms with Crippen LogP contribution in [0.5, 0.6) is 0 Å². The Balaban J connectivity index is 2.52. The topological polar surface area (TPSA) is 68.9 Å². The molecule has 4 nitrogen and oxygen atoms in total. The zero-order valence-electron chi connectivity index (χ0n) is 9.14. The van der Waals surface area contributed by atoms with Crippen molar-refractivity contribution in [2.75, 3.05) is 5.73 Å². The van der Waals surface area contributed by atoms with Crippen LogP contribution in [0.15, 0.2) is 30.3 Å². The van der Waals surface area contributed by atoms with E-state index in [4.69, 9.17) is 17.3 Å². The van der Waals surface area contributed by atoms with E-state index in [9.17, 15) is 4.79 Å². The second kappa shape index (κ2) is 4.51. The highest BCUT2D eigenvalue weighted by Gasteiger charge is 2.06. The molecule has 0 saturated heterocycles. The number of nitrogens with zero attached hydrogens (tertiary/aromatic N) is 2. The molecule has 0 aliphatic rings. The summed E-state index contributed by atoms with van der Waals surface area (Å²) in [6.07, 6.45) is 0. The van der Waals surface area contributed by atoms with E-state index in [2.05, 4.69) is 9.97 Å². The van der Waals surface area contributed by atoms with Crippen molar-refractivity contribution in [3.63, 3.8) is 0 Å². The first kappa shape index (κ1) is 11.5. The molecule has 0 bridgehead atoms. The summed E-state index contributed by atoms with van der Waals surface area (Å²) in [6, 6.07) is 8.73. The average molecular weight is 248 g/mol. The zero-order valence-corrected chi connectivity index (χ0v) is 9.90. The number of hydrogen-bond acceptors (Lipinski definition) is 4. The van der Waals surface area contributed by atoms with Crippen molar-refractivity contribution in [2.24, 2.45) is 0 Å². The number of anilines is 1. The molecule has 86 valence electrons. The van der Waals surface area contributed by atoms with E-state index in [-0.39, 0.29) is 16.9 Å². The number of carbonyl (C=O) groups excluding carboxylic acids is 1. The van der Waals surface area contributed by atoms with Gasteiger partial charge < -0.3 is 5.73 Å². The third kappa shape index (κ3) is 2.60.